The number of carbonyl (C=O) groups excluding carboxylic acids is 1. The normalized spacial score (nSPS) is 14.5. The first-order valence-corrected chi connectivity index (χ1v) is 10.0. The third-order valence-corrected chi connectivity index (χ3v) is 4.24. The number of hydrogen-bond acceptors (Lipinski definition) is 3. The van der Waals surface area contributed by atoms with Gasteiger partial charge in [0.1, 0.15) is 0 Å². The Morgan fingerprint density at radius 3 is 1.85 bits per heavy atom. The Morgan fingerprint density at radius 1 is 0.808 bits per heavy atom. The average Bonchev–Trinajstić information content (AvgIpc) is 2.60. The van der Waals surface area contributed by atoms with Crippen LogP contribution in [0, 0.1) is 0 Å². The zero-order chi connectivity index (χ0) is 19.6. The van der Waals surface area contributed by atoms with Gasteiger partial charge in [-0.25, -0.2) is 0 Å². The number of rotatable bonds is 15. The summed E-state index contributed by atoms with van der Waals surface area (Å²) in [6, 6.07) is 0. The van der Waals surface area contributed by atoms with Crippen LogP contribution in [0.25, 0.3) is 0 Å². The number of aliphatic hydroxyl groups is 2. The molecule has 0 rings (SSSR count). The van der Waals surface area contributed by atoms with Gasteiger partial charge in [0.25, 0.3) is 0 Å². The van der Waals surface area contributed by atoms with E-state index in [9.17, 15) is 15.0 Å². The molecule has 0 heterocycles. The van der Waals surface area contributed by atoms with Gasteiger partial charge in [-0.2, -0.15) is 0 Å². The molecule has 2 N–H and O–H groups in total. The van der Waals surface area contributed by atoms with Crippen molar-refractivity contribution in [2.45, 2.75) is 83.3 Å². The van der Waals surface area contributed by atoms with Crippen molar-refractivity contribution in [2.24, 2.45) is 0 Å². The second kappa shape index (κ2) is 17.0. The second-order valence-corrected chi connectivity index (χ2v) is 7.03. The van der Waals surface area contributed by atoms with Gasteiger partial charge in [0.2, 0.25) is 5.91 Å². The molecule has 4 heteroatoms. The summed E-state index contributed by atoms with van der Waals surface area (Å²) in [5.41, 5.74) is 0. The van der Waals surface area contributed by atoms with Crippen molar-refractivity contribution in [1.29, 1.82) is 0 Å². The molecule has 0 spiro atoms. The lowest BCUT2D eigenvalue weighted by molar-refractivity contribution is -0.128. The molecule has 1 amide bonds. The van der Waals surface area contributed by atoms with Crippen molar-refractivity contribution >= 4 is 5.91 Å². The maximum Gasteiger partial charge on any atom is 0.222 e. The quantitative estimate of drug-likeness (QED) is 0.334. The van der Waals surface area contributed by atoms with E-state index in [0.29, 0.717) is 19.3 Å². The second-order valence-electron chi connectivity index (χ2n) is 7.03. The number of unbranched alkanes of at least 4 members (excludes halogenated alkanes) is 5. The van der Waals surface area contributed by atoms with Gasteiger partial charge in [-0.3, -0.25) is 4.79 Å². The fourth-order valence-corrected chi connectivity index (χ4v) is 2.53. The lowest BCUT2D eigenvalue weighted by Gasteiger charge is -2.10. The average molecular weight is 366 g/mol. The minimum Gasteiger partial charge on any atom is -0.389 e. The first-order valence-electron chi connectivity index (χ1n) is 10.0. The predicted molar refractivity (Wildman–Crippen MR) is 110 cm³/mol. The molecule has 0 saturated carbocycles. The molecule has 0 aliphatic heterocycles. The van der Waals surface area contributed by atoms with Crippen LogP contribution in [0.1, 0.15) is 71.1 Å². The third kappa shape index (κ3) is 16.1. The van der Waals surface area contributed by atoms with Crippen molar-refractivity contribution in [3.8, 4) is 0 Å². The van der Waals surface area contributed by atoms with Crippen LogP contribution in [0.2, 0.25) is 0 Å². The number of amides is 1. The lowest BCUT2D eigenvalue weighted by Crippen LogP contribution is -2.21. The van der Waals surface area contributed by atoms with Crippen LogP contribution in [-0.2, 0) is 4.79 Å². The molecule has 0 radical (unpaired) electrons. The number of hydrogen-bond donors (Lipinski definition) is 2. The largest absolute Gasteiger partial charge is 0.389 e. The Morgan fingerprint density at radius 2 is 1.31 bits per heavy atom. The zero-order valence-electron chi connectivity index (χ0n) is 16.9. The Labute approximate surface area is 160 Å². The molecule has 0 aromatic carbocycles. The van der Waals surface area contributed by atoms with Crippen molar-refractivity contribution in [2.75, 3.05) is 14.1 Å². The highest BCUT2D eigenvalue weighted by Gasteiger charge is 2.05. The Kier molecular flexibility index (Phi) is 16.1. The molecule has 26 heavy (non-hydrogen) atoms. The Balaban J connectivity index is 3.77. The van der Waals surface area contributed by atoms with Crippen molar-refractivity contribution in [1.82, 2.24) is 4.90 Å². The van der Waals surface area contributed by atoms with Gasteiger partial charge in [-0.15, -0.1) is 0 Å². The monoisotopic (exact) mass is 365 g/mol. The first-order chi connectivity index (χ1) is 12.5. The molecule has 4 nitrogen and oxygen atoms in total. The van der Waals surface area contributed by atoms with Gasteiger partial charge < -0.3 is 15.1 Å². The highest BCUT2D eigenvalue weighted by Crippen LogP contribution is 2.09. The first kappa shape index (κ1) is 24.6. The summed E-state index contributed by atoms with van der Waals surface area (Å²) in [5, 5.41) is 19.7. The van der Waals surface area contributed by atoms with Gasteiger partial charge in [0, 0.05) is 20.5 Å². The van der Waals surface area contributed by atoms with Crippen LogP contribution < -0.4 is 0 Å². The van der Waals surface area contributed by atoms with Gasteiger partial charge in [0.05, 0.1) is 12.2 Å². The summed E-state index contributed by atoms with van der Waals surface area (Å²) < 4.78 is 0. The number of aliphatic hydroxyl groups excluding tert-OH is 2. The highest BCUT2D eigenvalue weighted by atomic mass is 16.3. The topological polar surface area (TPSA) is 60.8 Å². The van der Waals surface area contributed by atoms with Crippen molar-refractivity contribution in [3.05, 3.63) is 36.5 Å². The summed E-state index contributed by atoms with van der Waals surface area (Å²) in [5.74, 6) is 0.0886. The molecule has 2 unspecified atom stereocenters. The summed E-state index contributed by atoms with van der Waals surface area (Å²) in [6.07, 6.45) is 19.9. The van der Waals surface area contributed by atoms with Crippen molar-refractivity contribution in [3.63, 3.8) is 0 Å². The molecule has 0 saturated heterocycles. The van der Waals surface area contributed by atoms with Crippen molar-refractivity contribution < 1.29 is 15.0 Å². The van der Waals surface area contributed by atoms with Gasteiger partial charge in [0.15, 0.2) is 0 Å². The van der Waals surface area contributed by atoms with E-state index >= 15 is 0 Å². The van der Waals surface area contributed by atoms with Gasteiger partial charge in [-0.1, -0.05) is 81.9 Å². The van der Waals surface area contributed by atoms with E-state index in [0.717, 1.165) is 12.8 Å². The summed E-state index contributed by atoms with van der Waals surface area (Å²) >= 11 is 0. The van der Waals surface area contributed by atoms with Crippen LogP contribution in [0.4, 0.5) is 0 Å². The maximum absolute atomic E-state index is 11.4. The fraction of sp³-hybridized carbons (Fsp3) is 0.682. The molecule has 0 aliphatic carbocycles. The molecule has 0 fully saturated rings. The van der Waals surface area contributed by atoms with Gasteiger partial charge in [-0.05, 0) is 19.3 Å². The van der Waals surface area contributed by atoms with E-state index in [1.807, 2.05) is 18.2 Å². The SMILES string of the molecule is CCCCCCCCC(O)C=CC=CC=CC(O)CCCC(=O)N(C)C. The summed E-state index contributed by atoms with van der Waals surface area (Å²) in [4.78, 5) is 13.0. The number of nitrogens with zero attached hydrogens (tertiary/aromatic N) is 1. The van der Waals surface area contributed by atoms with Crippen LogP contribution in [0.5, 0.6) is 0 Å². The molecule has 0 bridgehead atoms. The molecule has 2 atom stereocenters. The molecule has 0 aliphatic rings. The zero-order valence-corrected chi connectivity index (χ0v) is 16.9. The number of carbonyl (C=O) groups is 1. The highest BCUT2D eigenvalue weighted by molar-refractivity contribution is 5.75. The van der Waals surface area contributed by atoms with Crippen LogP contribution >= 0.6 is 0 Å². The summed E-state index contributed by atoms with van der Waals surface area (Å²) in [7, 11) is 3.48. The minimum absolute atomic E-state index is 0.0886. The van der Waals surface area contributed by atoms with E-state index in [4.69, 9.17) is 0 Å². The molecule has 150 valence electrons. The molecular formula is C22H39NO3. The smallest absolute Gasteiger partial charge is 0.222 e. The van der Waals surface area contributed by atoms with E-state index in [1.54, 1.807) is 37.2 Å². The maximum atomic E-state index is 11.4. The van der Waals surface area contributed by atoms with E-state index in [2.05, 4.69) is 6.92 Å². The summed E-state index contributed by atoms with van der Waals surface area (Å²) in [6.45, 7) is 2.21. The Hall–Kier alpha value is -1.39. The van der Waals surface area contributed by atoms with E-state index in [1.165, 1.54) is 32.1 Å². The predicted octanol–water partition coefficient (Wildman–Crippen LogP) is 4.39. The lowest BCUT2D eigenvalue weighted by atomic mass is 10.1. The van der Waals surface area contributed by atoms with Crippen LogP contribution in [0.3, 0.4) is 0 Å². The third-order valence-electron chi connectivity index (χ3n) is 4.24. The fourth-order valence-electron chi connectivity index (χ4n) is 2.53. The van der Waals surface area contributed by atoms with Crippen LogP contribution in [-0.4, -0.2) is 47.3 Å². The van der Waals surface area contributed by atoms with E-state index in [-0.39, 0.29) is 12.0 Å². The van der Waals surface area contributed by atoms with Gasteiger partial charge >= 0.3 is 0 Å². The standard InChI is InChI=1S/C22H39NO3/c1-4-5-6-7-8-11-15-20(24)16-12-9-10-13-17-21(25)18-14-19-22(26)23(2)3/h9-10,12-13,16-17,20-21,24-25H,4-8,11,14-15,18-19H2,1-3H3. The van der Waals surface area contributed by atoms with E-state index < -0.39 is 6.10 Å². The van der Waals surface area contributed by atoms with Crippen LogP contribution in [0.15, 0.2) is 36.5 Å². The Bertz CT molecular complexity index is 427. The molecule has 0 aromatic rings. The minimum atomic E-state index is -0.531. The number of allylic oxidation sites excluding steroid dienone is 4. The molecule has 0 aromatic heterocycles. The molecular weight excluding hydrogens is 326 g/mol.